The molecule has 0 aromatic heterocycles. The van der Waals surface area contributed by atoms with E-state index in [0.29, 0.717) is 13.2 Å². The van der Waals surface area contributed by atoms with Gasteiger partial charge in [0.1, 0.15) is 0 Å². The fourth-order valence-corrected chi connectivity index (χ4v) is 2.61. The zero-order valence-electron chi connectivity index (χ0n) is 10.5. The molecule has 0 bridgehead atoms. The van der Waals surface area contributed by atoms with E-state index < -0.39 is 5.97 Å². The van der Waals surface area contributed by atoms with Gasteiger partial charge in [0.25, 0.3) is 0 Å². The first-order valence-electron chi connectivity index (χ1n) is 6.38. The molecule has 0 amide bonds. The van der Waals surface area contributed by atoms with Crippen molar-refractivity contribution in [3.8, 4) is 0 Å². The third-order valence-electron chi connectivity index (χ3n) is 3.90. The Labute approximate surface area is 102 Å². The fraction of sp³-hybridized carbons (Fsp3) is 0.917. The second-order valence-electron chi connectivity index (χ2n) is 5.17. The number of carbonyl (C=O) groups is 1. The normalized spacial score (nSPS) is 29.4. The van der Waals surface area contributed by atoms with Gasteiger partial charge in [0.2, 0.25) is 0 Å². The summed E-state index contributed by atoms with van der Waals surface area (Å²) < 4.78 is 5.30. The molecule has 0 radical (unpaired) electrons. The van der Waals surface area contributed by atoms with Gasteiger partial charge >= 0.3 is 5.97 Å². The molecule has 2 saturated heterocycles. The van der Waals surface area contributed by atoms with Gasteiger partial charge in [0, 0.05) is 39.3 Å². The minimum atomic E-state index is -0.667. The summed E-state index contributed by atoms with van der Waals surface area (Å²) in [4.78, 5) is 15.9. The monoisotopic (exact) mass is 242 g/mol. The van der Waals surface area contributed by atoms with Crippen molar-refractivity contribution in [3.05, 3.63) is 0 Å². The van der Waals surface area contributed by atoms with Crippen LogP contribution < -0.4 is 0 Å². The third kappa shape index (κ3) is 3.40. The molecule has 2 aliphatic heterocycles. The number of aliphatic carboxylic acids is 1. The highest BCUT2D eigenvalue weighted by Gasteiger charge is 2.33. The highest BCUT2D eigenvalue weighted by Crippen LogP contribution is 2.23. The van der Waals surface area contributed by atoms with Crippen molar-refractivity contribution >= 4 is 5.97 Å². The maximum Gasteiger partial charge on any atom is 0.308 e. The number of carboxylic acid groups (broad SMARTS) is 1. The van der Waals surface area contributed by atoms with E-state index in [9.17, 15) is 9.90 Å². The van der Waals surface area contributed by atoms with Gasteiger partial charge < -0.3 is 14.7 Å². The van der Waals surface area contributed by atoms with Gasteiger partial charge in [-0.25, -0.2) is 0 Å². The van der Waals surface area contributed by atoms with Gasteiger partial charge in [0.05, 0.1) is 12.5 Å². The van der Waals surface area contributed by atoms with E-state index in [0.717, 1.165) is 39.2 Å². The molecule has 5 nitrogen and oxygen atoms in total. The van der Waals surface area contributed by atoms with Crippen molar-refractivity contribution < 1.29 is 14.6 Å². The van der Waals surface area contributed by atoms with E-state index in [2.05, 4.69) is 16.8 Å². The van der Waals surface area contributed by atoms with Crippen molar-refractivity contribution in [1.82, 2.24) is 9.80 Å². The first-order chi connectivity index (χ1) is 8.16. The Morgan fingerprint density at radius 3 is 2.65 bits per heavy atom. The molecular formula is C12H22N2O3. The summed E-state index contributed by atoms with van der Waals surface area (Å²) in [5, 5.41) is 9.32. The molecule has 2 unspecified atom stereocenters. The zero-order valence-corrected chi connectivity index (χ0v) is 10.5. The van der Waals surface area contributed by atoms with E-state index in [-0.39, 0.29) is 11.8 Å². The standard InChI is InChI=1S/C12H22N2O3/c1-13-3-5-14(6-4-13)8-11(12(15)16)10-2-7-17-9-10/h10-11H,2-9H2,1H3,(H,15,16). The Kier molecular flexibility index (Phi) is 4.36. The van der Waals surface area contributed by atoms with Crippen LogP contribution >= 0.6 is 0 Å². The predicted octanol–water partition coefficient (Wildman–Crippen LogP) is -0.0289. The Morgan fingerprint density at radius 1 is 1.41 bits per heavy atom. The Morgan fingerprint density at radius 2 is 2.12 bits per heavy atom. The SMILES string of the molecule is CN1CCN(CC(C(=O)O)C2CCOC2)CC1. The number of carboxylic acids is 1. The Balaban J connectivity index is 1.86. The molecule has 0 saturated carbocycles. The average molecular weight is 242 g/mol. The van der Waals surface area contributed by atoms with Crippen LogP contribution in [0.15, 0.2) is 0 Å². The van der Waals surface area contributed by atoms with Crippen LogP contribution in [0.2, 0.25) is 0 Å². The van der Waals surface area contributed by atoms with Crippen molar-refractivity contribution in [3.63, 3.8) is 0 Å². The van der Waals surface area contributed by atoms with Crippen LogP contribution in [-0.4, -0.2) is 73.9 Å². The maximum absolute atomic E-state index is 11.3. The lowest BCUT2D eigenvalue weighted by atomic mass is 9.91. The molecule has 0 aliphatic carbocycles. The second-order valence-corrected chi connectivity index (χ2v) is 5.17. The number of piperazine rings is 1. The summed E-state index contributed by atoms with van der Waals surface area (Å²) in [6.45, 7) is 6.04. The molecular weight excluding hydrogens is 220 g/mol. The second kappa shape index (κ2) is 5.80. The number of likely N-dealkylation sites (N-methyl/N-ethyl adjacent to an activating group) is 1. The van der Waals surface area contributed by atoms with Gasteiger partial charge in [-0.2, -0.15) is 0 Å². The number of nitrogens with zero attached hydrogens (tertiary/aromatic N) is 2. The van der Waals surface area contributed by atoms with Crippen molar-refractivity contribution in [2.45, 2.75) is 6.42 Å². The molecule has 2 fully saturated rings. The molecule has 2 rings (SSSR count). The van der Waals surface area contributed by atoms with E-state index in [1.807, 2.05) is 0 Å². The predicted molar refractivity (Wildman–Crippen MR) is 64.0 cm³/mol. The zero-order chi connectivity index (χ0) is 12.3. The first kappa shape index (κ1) is 12.8. The van der Waals surface area contributed by atoms with E-state index >= 15 is 0 Å². The maximum atomic E-state index is 11.3. The van der Waals surface area contributed by atoms with E-state index in [4.69, 9.17) is 4.74 Å². The summed E-state index contributed by atoms with van der Waals surface area (Å²) in [6.07, 6.45) is 0.894. The topological polar surface area (TPSA) is 53.0 Å². The average Bonchev–Trinajstić information content (AvgIpc) is 2.81. The van der Waals surface area contributed by atoms with Gasteiger partial charge in [-0.3, -0.25) is 9.69 Å². The minimum Gasteiger partial charge on any atom is -0.481 e. The first-order valence-corrected chi connectivity index (χ1v) is 6.38. The van der Waals surface area contributed by atoms with E-state index in [1.54, 1.807) is 0 Å². The summed E-state index contributed by atoms with van der Waals surface area (Å²) >= 11 is 0. The van der Waals surface area contributed by atoms with Crippen LogP contribution in [-0.2, 0) is 9.53 Å². The molecule has 5 heteroatoms. The van der Waals surface area contributed by atoms with Crippen molar-refractivity contribution in [2.75, 3.05) is 53.0 Å². The van der Waals surface area contributed by atoms with Crippen LogP contribution in [0.5, 0.6) is 0 Å². The summed E-state index contributed by atoms with van der Waals surface area (Å²) in [5.41, 5.74) is 0. The molecule has 2 aliphatic rings. The van der Waals surface area contributed by atoms with Crippen LogP contribution in [0.3, 0.4) is 0 Å². The van der Waals surface area contributed by atoms with Crippen molar-refractivity contribution in [2.24, 2.45) is 11.8 Å². The molecule has 98 valence electrons. The van der Waals surface area contributed by atoms with Crippen LogP contribution in [0.1, 0.15) is 6.42 Å². The lowest BCUT2D eigenvalue weighted by Crippen LogP contribution is -2.48. The molecule has 2 atom stereocenters. The third-order valence-corrected chi connectivity index (χ3v) is 3.90. The van der Waals surface area contributed by atoms with Crippen LogP contribution in [0.4, 0.5) is 0 Å². The fourth-order valence-electron chi connectivity index (χ4n) is 2.61. The van der Waals surface area contributed by atoms with Crippen LogP contribution in [0.25, 0.3) is 0 Å². The van der Waals surface area contributed by atoms with Crippen LogP contribution in [0, 0.1) is 11.8 Å². The molecule has 2 heterocycles. The largest absolute Gasteiger partial charge is 0.481 e. The quantitative estimate of drug-likeness (QED) is 0.750. The molecule has 0 spiro atoms. The van der Waals surface area contributed by atoms with Gasteiger partial charge in [0.15, 0.2) is 0 Å². The van der Waals surface area contributed by atoms with E-state index in [1.165, 1.54) is 0 Å². The molecule has 0 aromatic carbocycles. The summed E-state index contributed by atoms with van der Waals surface area (Å²) in [5.74, 6) is -0.729. The summed E-state index contributed by atoms with van der Waals surface area (Å²) in [7, 11) is 2.11. The molecule has 17 heavy (non-hydrogen) atoms. The lowest BCUT2D eigenvalue weighted by Gasteiger charge is -2.34. The number of ether oxygens (including phenoxy) is 1. The lowest BCUT2D eigenvalue weighted by molar-refractivity contribution is -0.144. The molecule has 0 aromatic rings. The van der Waals surface area contributed by atoms with Gasteiger partial charge in [-0.05, 0) is 19.4 Å². The van der Waals surface area contributed by atoms with Gasteiger partial charge in [-0.15, -0.1) is 0 Å². The van der Waals surface area contributed by atoms with Gasteiger partial charge in [-0.1, -0.05) is 0 Å². The highest BCUT2D eigenvalue weighted by atomic mass is 16.5. The van der Waals surface area contributed by atoms with Crippen molar-refractivity contribution in [1.29, 1.82) is 0 Å². The minimum absolute atomic E-state index is 0.201. The summed E-state index contributed by atoms with van der Waals surface area (Å²) in [6, 6.07) is 0. The Hall–Kier alpha value is -0.650. The molecule has 1 N–H and O–H groups in total. The highest BCUT2D eigenvalue weighted by molar-refractivity contribution is 5.70. The smallest absolute Gasteiger partial charge is 0.308 e. The number of hydrogen-bond acceptors (Lipinski definition) is 4. The number of rotatable bonds is 4. The Bertz CT molecular complexity index is 258. The number of hydrogen-bond donors (Lipinski definition) is 1.